The summed E-state index contributed by atoms with van der Waals surface area (Å²) in [5.74, 6) is 0. The zero-order valence-electron chi connectivity index (χ0n) is 9.74. The van der Waals surface area contributed by atoms with Gasteiger partial charge in [-0.25, -0.2) is 0 Å². The molecule has 0 fully saturated rings. The highest BCUT2D eigenvalue weighted by Crippen LogP contribution is 2.02. The molecule has 3 nitrogen and oxygen atoms in total. The zero-order chi connectivity index (χ0) is 10.9. The van der Waals surface area contributed by atoms with Gasteiger partial charge in [-0.05, 0) is 31.6 Å². The van der Waals surface area contributed by atoms with E-state index in [4.69, 9.17) is 0 Å². The van der Waals surface area contributed by atoms with Gasteiger partial charge >= 0.3 is 0 Å². The zero-order valence-corrected chi connectivity index (χ0v) is 9.74. The smallest absolute Gasteiger partial charge is 0.0371 e. The van der Waals surface area contributed by atoms with E-state index in [2.05, 4.69) is 29.0 Å². The number of anilines is 1. The minimum Gasteiger partial charge on any atom is -0.384 e. The molecule has 0 radical (unpaired) electrons. The van der Waals surface area contributed by atoms with Gasteiger partial charge in [-0.2, -0.15) is 0 Å². The minimum atomic E-state index is 0.998. The van der Waals surface area contributed by atoms with Gasteiger partial charge in [0, 0.05) is 31.2 Å². The molecule has 0 bridgehead atoms. The molecule has 0 amide bonds. The second-order valence-corrected chi connectivity index (χ2v) is 3.60. The van der Waals surface area contributed by atoms with Crippen molar-refractivity contribution in [2.24, 2.45) is 0 Å². The summed E-state index contributed by atoms with van der Waals surface area (Å²) in [6.45, 7) is 8.85. The Kier molecular flexibility index (Phi) is 5.78. The number of nitrogens with one attached hydrogen (secondary N) is 1. The quantitative estimate of drug-likeness (QED) is 0.743. The molecule has 0 unspecified atom stereocenters. The molecule has 0 saturated carbocycles. The molecule has 84 valence electrons. The lowest BCUT2D eigenvalue weighted by Crippen LogP contribution is -2.29. The summed E-state index contributed by atoms with van der Waals surface area (Å²) in [4.78, 5) is 6.44. The monoisotopic (exact) mass is 207 g/mol. The normalized spacial score (nSPS) is 10.6. The summed E-state index contributed by atoms with van der Waals surface area (Å²) in [6, 6.07) is 3.99. The lowest BCUT2D eigenvalue weighted by atomic mass is 10.3. The third-order valence-electron chi connectivity index (χ3n) is 2.42. The highest BCUT2D eigenvalue weighted by molar-refractivity contribution is 5.40. The molecule has 1 aromatic rings. The van der Waals surface area contributed by atoms with Crippen molar-refractivity contribution >= 4 is 5.69 Å². The van der Waals surface area contributed by atoms with Crippen molar-refractivity contribution in [3.8, 4) is 0 Å². The Morgan fingerprint density at radius 2 is 1.93 bits per heavy atom. The SMILES string of the molecule is CCCN(CC)CCNc1ccncc1. The van der Waals surface area contributed by atoms with Crippen LogP contribution >= 0.6 is 0 Å². The van der Waals surface area contributed by atoms with E-state index >= 15 is 0 Å². The molecule has 0 spiro atoms. The maximum atomic E-state index is 3.98. The van der Waals surface area contributed by atoms with Crippen LogP contribution in [0.4, 0.5) is 5.69 Å². The van der Waals surface area contributed by atoms with E-state index in [1.165, 1.54) is 13.0 Å². The van der Waals surface area contributed by atoms with Gasteiger partial charge in [0.15, 0.2) is 0 Å². The van der Waals surface area contributed by atoms with Crippen molar-refractivity contribution in [1.82, 2.24) is 9.88 Å². The van der Waals surface area contributed by atoms with Crippen molar-refractivity contribution in [2.75, 3.05) is 31.5 Å². The van der Waals surface area contributed by atoms with Gasteiger partial charge in [-0.3, -0.25) is 4.98 Å². The van der Waals surface area contributed by atoms with Crippen molar-refractivity contribution in [1.29, 1.82) is 0 Å². The Balaban J connectivity index is 2.20. The predicted molar refractivity (Wildman–Crippen MR) is 65.1 cm³/mol. The fourth-order valence-corrected chi connectivity index (χ4v) is 1.57. The molecule has 0 saturated heterocycles. The number of rotatable bonds is 7. The molecule has 1 rings (SSSR count). The van der Waals surface area contributed by atoms with E-state index in [1.54, 1.807) is 0 Å². The van der Waals surface area contributed by atoms with Crippen molar-refractivity contribution in [3.05, 3.63) is 24.5 Å². The standard InChI is InChI=1S/C12H21N3/c1-3-10-15(4-2)11-9-14-12-5-7-13-8-6-12/h5-8H,3-4,9-11H2,1-2H3,(H,13,14). The molecule has 15 heavy (non-hydrogen) atoms. The number of hydrogen-bond donors (Lipinski definition) is 1. The van der Waals surface area contributed by atoms with Crippen LogP contribution in [0.3, 0.4) is 0 Å². The fraction of sp³-hybridized carbons (Fsp3) is 0.583. The summed E-state index contributed by atoms with van der Waals surface area (Å²) in [6.07, 6.45) is 4.85. The molecule has 0 atom stereocenters. The molecular weight excluding hydrogens is 186 g/mol. The van der Waals surface area contributed by atoms with Crippen molar-refractivity contribution in [2.45, 2.75) is 20.3 Å². The van der Waals surface area contributed by atoms with E-state index in [0.29, 0.717) is 0 Å². The summed E-state index contributed by atoms with van der Waals surface area (Å²) in [5.41, 5.74) is 1.15. The average Bonchev–Trinajstić information content (AvgIpc) is 2.29. The largest absolute Gasteiger partial charge is 0.384 e. The molecule has 0 aliphatic rings. The average molecular weight is 207 g/mol. The van der Waals surface area contributed by atoms with Crippen LogP contribution in [0.5, 0.6) is 0 Å². The van der Waals surface area contributed by atoms with Crippen LogP contribution in [0.2, 0.25) is 0 Å². The molecule has 0 aliphatic heterocycles. The third kappa shape index (κ3) is 4.79. The number of likely N-dealkylation sites (N-methyl/N-ethyl adjacent to an activating group) is 1. The molecule has 1 N–H and O–H groups in total. The Labute approximate surface area is 92.5 Å². The molecule has 0 aromatic carbocycles. The first kappa shape index (κ1) is 12.0. The van der Waals surface area contributed by atoms with Gasteiger partial charge < -0.3 is 10.2 Å². The van der Waals surface area contributed by atoms with E-state index in [9.17, 15) is 0 Å². The molecule has 3 heteroatoms. The summed E-state index contributed by atoms with van der Waals surface area (Å²) in [7, 11) is 0. The van der Waals surface area contributed by atoms with Gasteiger partial charge in [0.2, 0.25) is 0 Å². The lowest BCUT2D eigenvalue weighted by molar-refractivity contribution is 0.300. The van der Waals surface area contributed by atoms with E-state index in [1.807, 2.05) is 24.5 Å². The second-order valence-electron chi connectivity index (χ2n) is 3.60. The van der Waals surface area contributed by atoms with Crippen LogP contribution in [0.15, 0.2) is 24.5 Å². The third-order valence-corrected chi connectivity index (χ3v) is 2.42. The Hall–Kier alpha value is -1.09. The highest BCUT2D eigenvalue weighted by atomic mass is 15.1. The summed E-state index contributed by atoms with van der Waals surface area (Å²) in [5, 5.41) is 3.39. The molecule has 1 aromatic heterocycles. The first-order chi connectivity index (χ1) is 7.36. The second kappa shape index (κ2) is 7.23. The predicted octanol–water partition coefficient (Wildman–Crippen LogP) is 2.23. The molecule has 0 aliphatic carbocycles. The summed E-state index contributed by atoms with van der Waals surface area (Å²) < 4.78 is 0. The minimum absolute atomic E-state index is 0.998. The van der Waals surface area contributed by atoms with Crippen LogP contribution in [0.25, 0.3) is 0 Å². The van der Waals surface area contributed by atoms with Crippen LogP contribution in [0, 0.1) is 0 Å². The van der Waals surface area contributed by atoms with Gasteiger partial charge in [0.25, 0.3) is 0 Å². The molecular formula is C12H21N3. The topological polar surface area (TPSA) is 28.2 Å². The van der Waals surface area contributed by atoms with Gasteiger partial charge in [-0.1, -0.05) is 13.8 Å². The van der Waals surface area contributed by atoms with Crippen LogP contribution in [-0.4, -0.2) is 36.1 Å². The van der Waals surface area contributed by atoms with E-state index in [-0.39, 0.29) is 0 Å². The van der Waals surface area contributed by atoms with Crippen molar-refractivity contribution in [3.63, 3.8) is 0 Å². The maximum absolute atomic E-state index is 3.98. The number of pyridine rings is 1. The number of hydrogen-bond acceptors (Lipinski definition) is 3. The Morgan fingerprint density at radius 1 is 1.20 bits per heavy atom. The van der Waals surface area contributed by atoms with E-state index < -0.39 is 0 Å². The van der Waals surface area contributed by atoms with Crippen LogP contribution < -0.4 is 5.32 Å². The maximum Gasteiger partial charge on any atom is 0.0371 e. The number of nitrogens with zero attached hydrogens (tertiary/aromatic N) is 2. The Bertz CT molecular complexity index is 248. The molecule has 1 heterocycles. The Morgan fingerprint density at radius 3 is 2.53 bits per heavy atom. The highest BCUT2D eigenvalue weighted by Gasteiger charge is 1.99. The van der Waals surface area contributed by atoms with Crippen LogP contribution in [-0.2, 0) is 0 Å². The first-order valence-electron chi connectivity index (χ1n) is 5.73. The summed E-state index contributed by atoms with van der Waals surface area (Å²) >= 11 is 0. The fourth-order valence-electron chi connectivity index (χ4n) is 1.57. The van der Waals surface area contributed by atoms with Gasteiger partial charge in [-0.15, -0.1) is 0 Å². The van der Waals surface area contributed by atoms with Gasteiger partial charge in [0.1, 0.15) is 0 Å². The van der Waals surface area contributed by atoms with E-state index in [0.717, 1.165) is 25.3 Å². The lowest BCUT2D eigenvalue weighted by Gasteiger charge is -2.19. The first-order valence-corrected chi connectivity index (χ1v) is 5.73. The van der Waals surface area contributed by atoms with Crippen LogP contribution in [0.1, 0.15) is 20.3 Å². The van der Waals surface area contributed by atoms with Crippen molar-refractivity contribution < 1.29 is 0 Å². The number of aromatic nitrogens is 1. The van der Waals surface area contributed by atoms with Gasteiger partial charge in [0.05, 0.1) is 0 Å².